The third-order valence-corrected chi connectivity index (χ3v) is 7.11. The van der Waals surface area contributed by atoms with E-state index in [1.807, 2.05) is 31.2 Å². The van der Waals surface area contributed by atoms with E-state index in [4.69, 9.17) is 5.73 Å². The van der Waals surface area contributed by atoms with Gasteiger partial charge in [-0.15, -0.1) is 0 Å². The zero-order valence-electron chi connectivity index (χ0n) is 21.4. The molecule has 1 aromatic carbocycles. The molecule has 1 saturated heterocycles. The summed E-state index contributed by atoms with van der Waals surface area (Å²) in [5, 5.41) is 25.9. The molecule has 6 atom stereocenters. The second kappa shape index (κ2) is 12.2. The Balaban J connectivity index is 1.68. The lowest BCUT2D eigenvalue weighted by Crippen LogP contribution is -2.60. The molecule has 0 bridgehead atoms. The molecule has 3 rings (SSSR count). The number of para-hydroxylation sites is 1. The van der Waals surface area contributed by atoms with Crippen LogP contribution in [0.15, 0.2) is 30.5 Å². The number of carboxylic acids is 1. The molecular weight excluding hydrogens is 478 g/mol. The molecule has 0 saturated carbocycles. The average Bonchev–Trinajstić information content (AvgIpc) is 3.52. The van der Waals surface area contributed by atoms with Crippen LogP contribution in [0.25, 0.3) is 10.9 Å². The van der Waals surface area contributed by atoms with Crippen LogP contribution in [-0.2, 0) is 25.6 Å². The van der Waals surface area contributed by atoms with E-state index in [-0.39, 0.29) is 18.9 Å². The molecule has 0 radical (unpaired) electrons. The Morgan fingerprint density at radius 3 is 2.51 bits per heavy atom. The number of nitrogens with two attached hydrogens (primary N) is 1. The van der Waals surface area contributed by atoms with Crippen molar-refractivity contribution in [2.75, 3.05) is 6.54 Å². The highest BCUT2D eigenvalue weighted by atomic mass is 16.4. The molecule has 37 heavy (non-hydrogen) atoms. The minimum Gasteiger partial charge on any atom is -0.480 e. The normalized spacial score (nSPS) is 19.6. The summed E-state index contributed by atoms with van der Waals surface area (Å²) >= 11 is 0. The fraction of sp³-hybridized carbons (Fsp3) is 0.538. The number of amides is 3. The number of hydrogen-bond donors (Lipinski definition) is 6. The Morgan fingerprint density at radius 2 is 1.86 bits per heavy atom. The van der Waals surface area contributed by atoms with Gasteiger partial charge in [-0.3, -0.25) is 14.4 Å². The van der Waals surface area contributed by atoms with Crippen LogP contribution >= 0.6 is 0 Å². The van der Waals surface area contributed by atoms with E-state index in [0.717, 1.165) is 16.5 Å². The first-order valence-electron chi connectivity index (χ1n) is 12.7. The van der Waals surface area contributed by atoms with E-state index in [2.05, 4.69) is 15.6 Å². The number of benzene rings is 1. The second-order valence-corrected chi connectivity index (χ2v) is 9.80. The van der Waals surface area contributed by atoms with Gasteiger partial charge in [-0.25, -0.2) is 4.79 Å². The van der Waals surface area contributed by atoms with Gasteiger partial charge in [0.1, 0.15) is 18.1 Å². The van der Waals surface area contributed by atoms with Crippen molar-refractivity contribution in [1.29, 1.82) is 0 Å². The van der Waals surface area contributed by atoms with Gasteiger partial charge in [0, 0.05) is 23.6 Å². The number of H-pyrrole nitrogens is 1. The van der Waals surface area contributed by atoms with Gasteiger partial charge < -0.3 is 36.5 Å². The molecular formula is C26H37N5O6. The monoisotopic (exact) mass is 515 g/mol. The molecule has 3 amide bonds. The standard InChI is InChI=1S/C26H37N5O6/c1-4-14(2)21(26(36)37)29-24(34)20-10-7-11-31(20)25(35)22(15(3)32)30-23(33)18(27)12-16-13-28-19-9-6-5-8-17(16)19/h5-6,8-9,13-15,18,20-22,28,32H,4,7,10-12,27H2,1-3H3,(H,29,34)(H,30,33)(H,36,37). The number of aliphatic hydroxyl groups excluding tert-OH is 1. The van der Waals surface area contributed by atoms with Gasteiger partial charge in [0.2, 0.25) is 17.7 Å². The highest BCUT2D eigenvalue weighted by molar-refractivity contribution is 5.95. The Bertz CT molecular complexity index is 1130. The molecule has 6 unspecified atom stereocenters. The minimum atomic E-state index is -1.31. The van der Waals surface area contributed by atoms with Gasteiger partial charge in [-0.2, -0.15) is 0 Å². The quantitative estimate of drug-likeness (QED) is 0.252. The van der Waals surface area contributed by atoms with Crippen LogP contribution in [0, 0.1) is 5.92 Å². The first-order chi connectivity index (χ1) is 17.5. The van der Waals surface area contributed by atoms with Gasteiger partial charge in [-0.1, -0.05) is 38.5 Å². The van der Waals surface area contributed by atoms with Gasteiger partial charge >= 0.3 is 5.97 Å². The summed E-state index contributed by atoms with van der Waals surface area (Å²) in [6, 6.07) is 3.36. The smallest absolute Gasteiger partial charge is 0.326 e. The van der Waals surface area contributed by atoms with Gasteiger partial charge in [-0.05, 0) is 43.7 Å². The van der Waals surface area contributed by atoms with Crippen molar-refractivity contribution in [1.82, 2.24) is 20.5 Å². The summed E-state index contributed by atoms with van der Waals surface area (Å²) in [4.78, 5) is 55.3. The Morgan fingerprint density at radius 1 is 1.16 bits per heavy atom. The van der Waals surface area contributed by atoms with Crippen LogP contribution < -0.4 is 16.4 Å². The minimum absolute atomic E-state index is 0.220. The molecule has 0 aliphatic carbocycles. The topological polar surface area (TPSA) is 178 Å². The van der Waals surface area contributed by atoms with Crippen LogP contribution in [0.1, 0.15) is 45.6 Å². The summed E-state index contributed by atoms with van der Waals surface area (Å²) in [5.74, 6) is -3.22. The van der Waals surface area contributed by atoms with Crippen LogP contribution in [0.5, 0.6) is 0 Å². The summed E-state index contributed by atoms with van der Waals surface area (Å²) in [6.07, 6.45) is 2.20. The lowest BCUT2D eigenvalue weighted by atomic mass is 9.98. The van der Waals surface area contributed by atoms with Gasteiger partial charge in [0.15, 0.2) is 0 Å². The number of aliphatic carboxylic acids is 1. The summed E-state index contributed by atoms with van der Waals surface area (Å²) in [7, 11) is 0. The molecule has 11 nitrogen and oxygen atoms in total. The van der Waals surface area contributed by atoms with Crippen molar-refractivity contribution >= 4 is 34.6 Å². The maximum atomic E-state index is 13.4. The Hall–Kier alpha value is -3.44. The van der Waals surface area contributed by atoms with Crippen molar-refractivity contribution in [2.45, 2.75) is 76.7 Å². The molecule has 1 aromatic heterocycles. The number of carbonyl (C=O) groups excluding carboxylic acids is 3. The number of fused-ring (bicyclic) bond motifs is 1. The van der Waals surface area contributed by atoms with Crippen LogP contribution in [0.2, 0.25) is 0 Å². The molecule has 202 valence electrons. The average molecular weight is 516 g/mol. The summed E-state index contributed by atoms with van der Waals surface area (Å²) in [6.45, 7) is 5.19. The summed E-state index contributed by atoms with van der Waals surface area (Å²) < 4.78 is 0. The van der Waals surface area contributed by atoms with Crippen LogP contribution in [0.4, 0.5) is 0 Å². The Kier molecular flexibility index (Phi) is 9.28. The SMILES string of the molecule is CCC(C)C(NC(=O)C1CCCN1C(=O)C(NC(=O)C(N)Cc1c[nH]c2ccccc12)C(C)O)C(=O)O. The van der Waals surface area contributed by atoms with Crippen molar-refractivity contribution in [3.05, 3.63) is 36.0 Å². The number of rotatable bonds is 11. The predicted molar refractivity (Wildman–Crippen MR) is 137 cm³/mol. The number of likely N-dealkylation sites (tertiary alicyclic amines) is 1. The van der Waals surface area contributed by atoms with Gasteiger partial charge in [0.05, 0.1) is 12.1 Å². The maximum Gasteiger partial charge on any atom is 0.326 e. The third kappa shape index (κ3) is 6.47. The number of nitrogens with one attached hydrogen (secondary N) is 3. The van der Waals surface area contributed by atoms with E-state index >= 15 is 0 Å². The van der Waals surface area contributed by atoms with E-state index in [9.17, 15) is 29.4 Å². The molecule has 0 spiro atoms. The molecule has 7 N–H and O–H groups in total. The predicted octanol–water partition coefficient (Wildman–Crippen LogP) is 0.510. The van der Waals surface area contributed by atoms with Crippen molar-refractivity contribution in [3.63, 3.8) is 0 Å². The molecule has 1 aliphatic heterocycles. The van der Waals surface area contributed by atoms with Gasteiger partial charge in [0.25, 0.3) is 0 Å². The summed E-state index contributed by atoms with van der Waals surface area (Å²) in [5.41, 5.74) is 7.92. The number of nitrogens with zero attached hydrogens (tertiary/aromatic N) is 1. The zero-order valence-corrected chi connectivity index (χ0v) is 21.4. The first kappa shape index (κ1) is 28.1. The van der Waals surface area contributed by atoms with E-state index < -0.39 is 54.0 Å². The van der Waals surface area contributed by atoms with Crippen LogP contribution in [-0.4, -0.2) is 80.6 Å². The van der Waals surface area contributed by atoms with Crippen LogP contribution in [0.3, 0.4) is 0 Å². The molecule has 11 heteroatoms. The fourth-order valence-electron chi connectivity index (χ4n) is 4.69. The molecule has 2 aromatic rings. The number of aromatic nitrogens is 1. The number of aliphatic hydroxyl groups is 1. The van der Waals surface area contributed by atoms with Crippen molar-refractivity contribution in [2.24, 2.45) is 11.7 Å². The largest absolute Gasteiger partial charge is 0.480 e. The zero-order chi connectivity index (χ0) is 27.3. The highest BCUT2D eigenvalue weighted by Crippen LogP contribution is 2.21. The number of hydrogen-bond acceptors (Lipinski definition) is 6. The van der Waals surface area contributed by atoms with E-state index in [1.165, 1.54) is 11.8 Å². The van der Waals surface area contributed by atoms with E-state index in [1.54, 1.807) is 13.1 Å². The number of carboxylic acid groups (broad SMARTS) is 1. The fourth-order valence-corrected chi connectivity index (χ4v) is 4.69. The number of carbonyl (C=O) groups is 4. The third-order valence-electron chi connectivity index (χ3n) is 7.11. The number of aromatic amines is 1. The highest BCUT2D eigenvalue weighted by Gasteiger charge is 2.41. The Labute approximate surface area is 215 Å². The molecule has 1 aliphatic rings. The first-order valence-corrected chi connectivity index (χ1v) is 12.7. The maximum absolute atomic E-state index is 13.4. The molecule has 2 heterocycles. The molecule has 1 fully saturated rings. The second-order valence-electron chi connectivity index (χ2n) is 9.80. The van der Waals surface area contributed by atoms with Crippen molar-refractivity contribution in [3.8, 4) is 0 Å². The lowest BCUT2D eigenvalue weighted by molar-refractivity contribution is -0.146. The lowest BCUT2D eigenvalue weighted by Gasteiger charge is -2.31. The van der Waals surface area contributed by atoms with E-state index in [0.29, 0.717) is 19.3 Å². The van der Waals surface area contributed by atoms with Crippen molar-refractivity contribution < 1.29 is 29.4 Å².